The summed E-state index contributed by atoms with van der Waals surface area (Å²) in [5.74, 6) is 0. The molecule has 1 aromatic carbocycles. The summed E-state index contributed by atoms with van der Waals surface area (Å²) in [6.07, 6.45) is 2.49. The van der Waals surface area contributed by atoms with Gasteiger partial charge in [0.2, 0.25) is 0 Å². The minimum Gasteiger partial charge on any atom is -0.315 e. The standard InChI is InChI=1S/C15H25BrN2/c1-4-6-15(11-17-5-2)18(3)12-13-7-9-14(16)10-8-13/h7-10,15,17H,4-6,11-12H2,1-3H3. The lowest BCUT2D eigenvalue weighted by Crippen LogP contribution is -2.39. The summed E-state index contributed by atoms with van der Waals surface area (Å²) < 4.78 is 1.15. The van der Waals surface area contributed by atoms with Crippen molar-refractivity contribution in [2.45, 2.75) is 39.3 Å². The van der Waals surface area contributed by atoms with Crippen LogP contribution in [-0.4, -0.2) is 31.1 Å². The van der Waals surface area contributed by atoms with Crippen LogP contribution in [0.15, 0.2) is 28.7 Å². The number of nitrogens with one attached hydrogen (secondary N) is 1. The molecule has 3 heteroatoms. The molecule has 0 aliphatic carbocycles. The van der Waals surface area contributed by atoms with E-state index in [1.165, 1.54) is 18.4 Å². The van der Waals surface area contributed by atoms with Crippen LogP contribution in [-0.2, 0) is 6.54 Å². The van der Waals surface area contributed by atoms with Crippen molar-refractivity contribution in [3.8, 4) is 0 Å². The van der Waals surface area contributed by atoms with E-state index in [0.29, 0.717) is 6.04 Å². The highest BCUT2D eigenvalue weighted by Crippen LogP contribution is 2.14. The second kappa shape index (κ2) is 8.68. The molecule has 0 fully saturated rings. The summed E-state index contributed by atoms with van der Waals surface area (Å²) in [4.78, 5) is 2.45. The van der Waals surface area contributed by atoms with Crippen LogP contribution in [0.2, 0.25) is 0 Å². The first-order valence-corrected chi connectivity index (χ1v) is 7.62. The highest BCUT2D eigenvalue weighted by atomic mass is 79.9. The number of halogens is 1. The molecule has 0 radical (unpaired) electrons. The van der Waals surface area contributed by atoms with Crippen LogP contribution in [0, 0.1) is 0 Å². The van der Waals surface area contributed by atoms with E-state index in [1.54, 1.807) is 0 Å². The number of nitrogens with zero attached hydrogens (tertiary/aromatic N) is 1. The Morgan fingerprint density at radius 2 is 1.89 bits per heavy atom. The van der Waals surface area contributed by atoms with Crippen molar-refractivity contribution in [1.29, 1.82) is 0 Å². The van der Waals surface area contributed by atoms with Crippen molar-refractivity contribution in [2.24, 2.45) is 0 Å². The molecule has 0 aliphatic rings. The lowest BCUT2D eigenvalue weighted by Gasteiger charge is -2.28. The lowest BCUT2D eigenvalue weighted by atomic mass is 10.1. The maximum absolute atomic E-state index is 3.48. The van der Waals surface area contributed by atoms with Crippen LogP contribution >= 0.6 is 15.9 Å². The third kappa shape index (κ3) is 5.51. The number of rotatable bonds is 8. The molecule has 18 heavy (non-hydrogen) atoms. The Balaban J connectivity index is 2.53. The summed E-state index contributed by atoms with van der Waals surface area (Å²) in [7, 11) is 2.22. The molecule has 1 unspecified atom stereocenters. The van der Waals surface area contributed by atoms with Gasteiger partial charge in [-0.2, -0.15) is 0 Å². The maximum Gasteiger partial charge on any atom is 0.0234 e. The van der Waals surface area contributed by atoms with Crippen molar-refractivity contribution in [3.05, 3.63) is 34.3 Å². The molecule has 0 heterocycles. The van der Waals surface area contributed by atoms with E-state index in [1.807, 2.05) is 0 Å². The summed E-state index contributed by atoms with van der Waals surface area (Å²) >= 11 is 3.48. The van der Waals surface area contributed by atoms with E-state index < -0.39 is 0 Å². The predicted octanol–water partition coefficient (Wildman–Crippen LogP) is 3.66. The SMILES string of the molecule is CCCC(CNCC)N(C)Cc1ccc(Br)cc1. The Morgan fingerprint density at radius 1 is 1.22 bits per heavy atom. The zero-order valence-electron chi connectivity index (χ0n) is 11.7. The highest BCUT2D eigenvalue weighted by Gasteiger charge is 2.13. The highest BCUT2D eigenvalue weighted by molar-refractivity contribution is 9.10. The number of benzene rings is 1. The van der Waals surface area contributed by atoms with Gasteiger partial charge >= 0.3 is 0 Å². The van der Waals surface area contributed by atoms with E-state index in [2.05, 4.69) is 71.3 Å². The van der Waals surface area contributed by atoms with Gasteiger partial charge in [0.25, 0.3) is 0 Å². The smallest absolute Gasteiger partial charge is 0.0234 e. The van der Waals surface area contributed by atoms with E-state index in [0.717, 1.165) is 24.1 Å². The van der Waals surface area contributed by atoms with Gasteiger partial charge in [0.15, 0.2) is 0 Å². The van der Waals surface area contributed by atoms with Crippen LogP contribution in [0.4, 0.5) is 0 Å². The molecule has 0 saturated carbocycles. The molecular formula is C15H25BrN2. The second-order valence-corrected chi connectivity index (χ2v) is 5.71. The number of hydrogen-bond acceptors (Lipinski definition) is 2. The van der Waals surface area contributed by atoms with Crippen molar-refractivity contribution >= 4 is 15.9 Å². The zero-order valence-corrected chi connectivity index (χ0v) is 13.3. The monoisotopic (exact) mass is 312 g/mol. The topological polar surface area (TPSA) is 15.3 Å². The zero-order chi connectivity index (χ0) is 13.4. The molecule has 0 aromatic heterocycles. The Labute approximate surface area is 120 Å². The van der Waals surface area contributed by atoms with Gasteiger partial charge < -0.3 is 5.32 Å². The first-order chi connectivity index (χ1) is 8.67. The molecule has 0 amide bonds. The minimum absolute atomic E-state index is 0.624. The third-order valence-corrected chi connectivity index (χ3v) is 3.75. The summed E-state index contributed by atoms with van der Waals surface area (Å²) in [5.41, 5.74) is 1.37. The van der Waals surface area contributed by atoms with Gasteiger partial charge in [-0.05, 0) is 37.7 Å². The van der Waals surface area contributed by atoms with Crippen molar-refractivity contribution in [3.63, 3.8) is 0 Å². The molecule has 2 nitrogen and oxygen atoms in total. The molecule has 1 aromatic rings. The molecule has 0 bridgehead atoms. The Kier molecular flexibility index (Phi) is 7.56. The molecule has 1 rings (SSSR count). The maximum atomic E-state index is 3.48. The average molecular weight is 313 g/mol. The normalized spacial score (nSPS) is 12.9. The third-order valence-electron chi connectivity index (χ3n) is 3.22. The molecule has 0 aliphatic heterocycles. The van der Waals surface area contributed by atoms with E-state index in [-0.39, 0.29) is 0 Å². The van der Waals surface area contributed by atoms with Gasteiger partial charge in [0.1, 0.15) is 0 Å². The van der Waals surface area contributed by atoms with Crippen LogP contribution in [0.1, 0.15) is 32.3 Å². The molecular weight excluding hydrogens is 288 g/mol. The van der Waals surface area contributed by atoms with Gasteiger partial charge in [-0.15, -0.1) is 0 Å². The van der Waals surface area contributed by atoms with Crippen LogP contribution in [0.3, 0.4) is 0 Å². The van der Waals surface area contributed by atoms with E-state index in [4.69, 9.17) is 0 Å². The van der Waals surface area contributed by atoms with Crippen LogP contribution < -0.4 is 5.32 Å². The van der Waals surface area contributed by atoms with Crippen molar-refractivity contribution in [2.75, 3.05) is 20.1 Å². The van der Waals surface area contributed by atoms with Gasteiger partial charge in [0.05, 0.1) is 0 Å². The number of likely N-dealkylation sites (N-methyl/N-ethyl adjacent to an activating group) is 2. The minimum atomic E-state index is 0.624. The van der Waals surface area contributed by atoms with Gasteiger partial charge in [-0.25, -0.2) is 0 Å². The Morgan fingerprint density at radius 3 is 2.44 bits per heavy atom. The van der Waals surface area contributed by atoms with E-state index in [9.17, 15) is 0 Å². The quantitative estimate of drug-likeness (QED) is 0.788. The summed E-state index contributed by atoms with van der Waals surface area (Å²) in [5, 5.41) is 3.46. The molecule has 0 spiro atoms. The Hall–Kier alpha value is -0.380. The molecule has 0 saturated heterocycles. The second-order valence-electron chi connectivity index (χ2n) is 4.79. The van der Waals surface area contributed by atoms with Crippen LogP contribution in [0.25, 0.3) is 0 Å². The predicted molar refractivity (Wildman–Crippen MR) is 82.8 cm³/mol. The van der Waals surface area contributed by atoms with Gasteiger partial charge in [0, 0.05) is 23.6 Å². The van der Waals surface area contributed by atoms with Crippen molar-refractivity contribution < 1.29 is 0 Å². The fraction of sp³-hybridized carbons (Fsp3) is 0.600. The summed E-state index contributed by atoms with van der Waals surface area (Å²) in [6, 6.07) is 9.23. The fourth-order valence-corrected chi connectivity index (χ4v) is 2.39. The van der Waals surface area contributed by atoms with Gasteiger partial charge in [-0.3, -0.25) is 4.90 Å². The lowest BCUT2D eigenvalue weighted by molar-refractivity contribution is 0.215. The summed E-state index contributed by atoms with van der Waals surface area (Å²) in [6.45, 7) is 7.57. The van der Waals surface area contributed by atoms with Crippen molar-refractivity contribution in [1.82, 2.24) is 10.2 Å². The first-order valence-electron chi connectivity index (χ1n) is 6.82. The molecule has 1 N–H and O–H groups in total. The number of hydrogen-bond donors (Lipinski definition) is 1. The molecule has 1 atom stereocenters. The van der Waals surface area contributed by atoms with Crippen LogP contribution in [0.5, 0.6) is 0 Å². The fourth-order valence-electron chi connectivity index (χ4n) is 2.13. The first kappa shape index (κ1) is 15.7. The molecule has 102 valence electrons. The van der Waals surface area contributed by atoms with E-state index >= 15 is 0 Å². The van der Waals surface area contributed by atoms with Gasteiger partial charge in [-0.1, -0.05) is 48.3 Å². The largest absolute Gasteiger partial charge is 0.315 e. The Bertz CT molecular complexity index is 324. The average Bonchev–Trinajstić information content (AvgIpc) is 2.37.